The molecule has 1 aromatic heterocycles. The molecule has 1 unspecified atom stereocenters. The maximum atomic E-state index is 13.2. The fourth-order valence-electron chi connectivity index (χ4n) is 3.92. The number of benzene rings is 3. The van der Waals surface area contributed by atoms with Crippen LogP contribution in [-0.2, 0) is 16.0 Å². The summed E-state index contributed by atoms with van der Waals surface area (Å²) in [5, 5.41) is 54.2. The van der Waals surface area contributed by atoms with Gasteiger partial charge >= 0.3 is 0 Å². The predicted molar refractivity (Wildman–Crippen MR) is 152 cm³/mol. The molecule has 206 valence electrons. The second-order valence-corrected chi connectivity index (χ2v) is 9.75. The third-order valence-electron chi connectivity index (χ3n) is 5.95. The summed E-state index contributed by atoms with van der Waals surface area (Å²) in [4.78, 5) is 29.3. The van der Waals surface area contributed by atoms with Gasteiger partial charge in [-0.05, 0) is 65.2 Å². The van der Waals surface area contributed by atoms with Crippen LogP contribution in [0.4, 0.5) is 0 Å². The average molecular weight is 609 g/mol. The van der Waals surface area contributed by atoms with Gasteiger partial charge in [0.15, 0.2) is 28.7 Å². The van der Waals surface area contributed by atoms with E-state index in [1.165, 1.54) is 36.6 Å². The van der Waals surface area contributed by atoms with Crippen LogP contribution in [0.15, 0.2) is 71.1 Å². The molecule has 0 spiro atoms. The van der Waals surface area contributed by atoms with Crippen molar-refractivity contribution < 1.29 is 35.1 Å². The van der Waals surface area contributed by atoms with Gasteiger partial charge in [-0.15, -0.1) is 0 Å². The van der Waals surface area contributed by atoms with E-state index in [1.54, 1.807) is 6.20 Å². The molecule has 0 saturated heterocycles. The zero-order chi connectivity index (χ0) is 29.0. The zero-order valence-corrected chi connectivity index (χ0v) is 22.3. The van der Waals surface area contributed by atoms with Crippen LogP contribution in [0.2, 0.25) is 0 Å². The molecule has 10 N–H and O–H groups in total. The molecule has 0 aliphatic rings. The minimum Gasteiger partial charge on any atom is -0.504 e. The van der Waals surface area contributed by atoms with Gasteiger partial charge in [-0.2, -0.15) is 0 Å². The molecular formula is C28H25BrN4O7. The zero-order valence-electron chi connectivity index (χ0n) is 20.7. The van der Waals surface area contributed by atoms with Crippen LogP contribution >= 0.6 is 15.9 Å². The van der Waals surface area contributed by atoms with Crippen LogP contribution in [0.3, 0.4) is 0 Å². The van der Waals surface area contributed by atoms with Crippen molar-refractivity contribution in [2.45, 2.75) is 12.5 Å². The highest BCUT2D eigenvalue weighted by atomic mass is 79.9. The number of amides is 2. The summed E-state index contributed by atoms with van der Waals surface area (Å²) in [6.07, 6.45) is 5.84. The van der Waals surface area contributed by atoms with Crippen LogP contribution < -0.4 is 16.4 Å². The number of phenolic OH excluding ortho intramolecular Hbond substituents is 5. The van der Waals surface area contributed by atoms with Crippen LogP contribution in [0.1, 0.15) is 16.7 Å². The molecule has 11 nitrogen and oxygen atoms in total. The molecule has 0 radical (unpaired) electrons. The molecule has 12 heteroatoms. The minimum atomic E-state index is -1.08. The average Bonchev–Trinajstić information content (AvgIpc) is 3.30. The van der Waals surface area contributed by atoms with E-state index in [0.29, 0.717) is 5.56 Å². The van der Waals surface area contributed by atoms with Crippen molar-refractivity contribution in [3.63, 3.8) is 0 Å². The van der Waals surface area contributed by atoms with E-state index in [4.69, 9.17) is 5.73 Å². The van der Waals surface area contributed by atoms with Gasteiger partial charge in [-0.25, -0.2) is 0 Å². The first kappa shape index (κ1) is 27.9. The highest BCUT2D eigenvalue weighted by Crippen LogP contribution is 2.35. The van der Waals surface area contributed by atoms with Crippen molar-refractivity contribution in [2.75, 3.05) is 0 Å². The number of aromatic nitrogens is 1. The van der Waals surface area contributed by atoms with E-state index >= 15 is 0 Å². The van der Waals surface area contributed by atoms with Gasteiger partial charge in [0.25, 0.3) is 5.91 Å². The fraction of sp³-hybridized carbons (Fsp3) is 0.0714. The summed E-state index contributed by atoms with van der Waals surface area (Å²) in [6, 6.07) is 10.9. The first-order chi connectivity index (χ1) is 19.0. The SMILES string of the molecule is NC(=Cc1cc(O)c(O)c(O)c1)C(=O)NC(Cc1c[nH]c2cc(Br)ccc12)C(=O)NC=Cc1ccc(O)c(O)c1. The van der Waals surface area contributed by atoms with Gasteiger partial charge in [0, 0.05) is 34.2 Å². The Morgan fingerprint density at radius 1 is 0.925 bits per heavy atom. The van der Waals surface area contributed by atoms with Crippen molar-refractivity contribution in [1.82, 2.24) is 15.6 Å². The molecule has 0 aliphatic heterocycles. The number of hydrogen-bond acceptors (Lipinski definition) is 8. The highest BCUT2D eigenvalue weighted by molar-refractivity contribution is 9.10. The first-order valence-electron chi connectivity index (χ1n) is 11.8. The van der Waals surface area contributed by atoms with E-state index in [0.717, 1.165) is 33.1 Å². The van der Waals surface area contributed by atoms with E-state index in [2.05, 4.69) is 31.5 Å². The molecule has 4 aromatic rings. The van der Waals surface area contributed by atoms with Gasteiger partial charge in [-0.1, -0.05) is 28.1 Å². The number of carbonyl (C=O) groups excluding carboxylic acids is 2. The molecule has 2 amide bonds. The number of nitrogens with one attached hydrogen (secondary N) is 3. The van der Waals surface area contributed by atoms with Crippen molar-refractivity contribution in [3.05, 3.63) is 87.8 Å². The van der Waals surface area contributed by atoms with Crippen LogP contribution in [0, 0.1) is 0 Å². The molecule has 0 bridgehead atoms. The quantitative estimate of drug-likeness (QED) is 0.107. The summed E-state index contributed by atoms with van der Waals surface area (Å²) in [6.45, 7) is 0. The third kappa shape index (κ3) is 6.48. The van der Waals surface area contributed by atoms with Crippen molar-refractivity contribution in [1.29, 1.82) is 0 Å². The highest BCUT2D eigenvalue weighted by Gasteiger charge is 2.23. The Morgan fingerprint density at radius 3 is 2.33 bits per heavy atom. The van der Waals surface area contributed by atoms with E-state index < -0.39 is 35.1 Å². The van der Waals surface area contributed by atoms with Crippen molar-refractivity contribution in [2.24, 2.45) is 5.73 Å². The normalized spacial score (nSPS) is 12.5. The second-order valence-electron chi connectivity index (χ2n) is 8.83. The van der Waals surface area contributed by atoms with Crippen LogP contribution in [-0.4, -0.2) is 48.4 Å². The number of phenols is 5. The predicted octanol–water partition coefficient (Wildman–Crippen LogP) is 3.27. The lowest BCUT2D eigenvalue weighted by atomic mass is 10.0. The van der Waals surface area contributed by atoms with Crippen molar-refractivity contribution >= 4 is 50.8 Å². The molecule has 4 rings (SSSR count). The number of nitrogens with two attached hydrogens (primary N) is 1. The van der Waals surface area contributed by atoms with Gasteiger partial charge in [0.2, 0.25) is 5.91 Å². The van der Waals surface area contributed by atoms with Gasteiger partial charge < -0.3 is 46.9 Å². The Hall–Kier alpha value is -5.10. The summed E-state index contributed by atoms with van der Waals surface area (Å²) in [5.41, 5.74) is 7.85. The molecule has 0 saturated carbocycles. The third-order valence-corrected chi connectivity index (χ3v) is 6.45. The Labute approximate surface area is 236 Å². The molecule has 3 aromatic carbocycles. The van der Waals surface area contributed by atoms with E-state index in [-0.39, 0.29) is 29.2 Å². The minimum absolute atomic E-state index is 0.0983. The topological polar surface area (TPSA) is 201 Å². The van der Waals surface area contributed by atoms with Crippen LogP contribution in [0.5, 0.6) is 28.7 Å². The van der Waals surface area contributed by atoms with Gasteiger partial charge in [0.1, 0.15) is 6.04 Å². The lowest BCUT2D eigenvalue weighted by molar-refractivity contribution is -0.126. The Kier molecular flexibility index (Phi) is 8.20. The lowest BCUT2D eigenvalue weighted by Crippen LogP contribution is -2.47. The number of aromatic amines is 1. The number of aromatic hydroxyl groups is 5. The monoisotopic (exact) mass is 608 g/mol. The Morgan fingerprint density at radius 2 is 1.62 bits per heavy atom. The molecular weight excluding hydrogens is 584 g/mol. The summed E-state index contributed by atoms with van der Waals surface area (Å²) in [5.74, 6) is -3.86. The maximum Gasteiger partial charge on any atom is 0.267 e. The summed E-state index contributed by atoms with van der Waals surface area (Å²) < 4.78 is 0.866. The molecule has 1 heterocycles. The molecule has 40 heavy (non-hydrogen) atoms. The number of rotatable bonds is 8. The largest absolute Gasteiger partial charge is 0.504 e. The van der Waals surface area contributed by atoms with Crippen LogP contribution in [0.25, 0.3) is 23.1 Å². The molecule has 0 fully saturated rings. The number of fused-ring (bicyclic) bond motifs is 1. The number of carbonyl (C=O) groups is 2. The van der Waals surface area contributed by atoms with E-state index in [1.807, 2.05) is 18.2 Å². The van der Waals surface area contributed by atoms with Crippen molar-refractivity contribution in [3.8, 4) is 28.7 Å². The smallest absolute Gasteiger partial charge is 0.267 e. The Bertz CT molecular complexity index is 1640. The number of halogens is 1. The number of hydrogen-bond donors (Lipinski definition) is 9. The second kappa shape index (κ2) is 11.7. The maximum absolute atomic E-state index is 13.2. The first-order valence-corrected chi connectivity index (χ1v) is 12.6. The van der Waals surface area contributed by atoms with Gasteiger partial charge in [-0.3, -0.25) is 9.59 Å². The Balaban J connectivity index is 1.56. The summed E-state index contributed by atoms with van der Waals surface area (Å²) >= 11 is 3.42. The number of H-pyrrole nitrogens is 1. The lowest BCUT2D eigenvalue weighted by Gasteiger charge is -2.17. The summed E-state index contributed by atoms with van der Waals surface area (Å²) in [7, 11) is 0. The fourth-order valence-corrected chi connectivity index (χ4v) is 4.28. The van der Waals surface area contributed by atoms with Gasteiger partial charge in [0.05, 0.1) is 5.70 Å². The van der Waals surface area contributed by atoms with E-state index in [9.17, 15) is 35.1 Å². The molecule has 1 atom stereocenters. The molecule has 0 aliphatic carbocycles. The standard InChI is InChI=1S/C28H25BrN4O7/c29-17-2-3-18-16(13-32-20(18)12-17)11-21(28(40)31-6-5-14-1-4-22(34)23(35)8-14)33-27(39)19(30)7-15-9-24(36)26(38)25(37)10-15/h1-10,12-13,21,32,34-38H,11,30H2,(H,31,40)(H,33,39).